The van der Waals surface area contributed by atoms with Crippen molar-refractivity contribution in [1.29, 1.82) is 0 Å². The van der Waals surface area contributed by atoms with E-state index in [-0.39, 0.29) is 11.5 Å². The lowest BCUT2D eigenvalue weighted by Gasteiger charge is -2.06. The van der Waals surface area contributed by atoms with E-state index in [9.17, 15) is 19.2 Å². The van der Waals surface area contributed by atoms with Crippen LogP contribution in [0, 0.1) is 0 Å². The minimum atomic E-state index is -1.27. The molecule has 0 fully saturated rings. The minimum Gasteiger partial charge on any atom is -0.478 e. The van der Waals surface area contributed by atoms with E-state index in [0.29, 0.717) is 11.8 Å². The molecule has 0 bridgehead atoms. The van der Waals surface area contributed by atoms with E-state index in [1.54, 1.807) is 0 Å². The molecule has 1 aromatic carbocycles. The van der Waals surface area contributed by atoms with Gasteiger partial charge in [0.1, 0.15) is 0 Å². The van der Waals surface area contributed by atoms with E-state index in [1.165, 1.54) is 31.2 Å². The Morgan fingerprint density at radius 3 is 2.14 bits per heavy atom. The van der Waals surface area contributed by atoms with E-state index in [2.05, 4.69) is 10.7 Å². The summed E-state index contributed by atoms with van der Waals surface area (Å²) in [5, 5.41) is 10.9. The Balaban J connectivity index is 2.54. The predicted octanol–water partition coefficient (Wildman–Crippen LogP) is 0.0468. The maximum absolute atomic E-state index is 11.7. The lowest BCUT2D eigenvalue weighted by Crippen LogP contribution is -2.40. The van der Waals surface area contributed by atoms with Gasteiger partial charge in [0.05, 0.1) is 0 Å². The van der Waals surface area contributed by atoms with Gasteiger partial charge in [0.2, 0.25) is 5.91 Å². The Kier molecular flexibility index (Phi) is 5.63. The van der Waals surface area contributed by atoms with Gasteiger partial charge in [-0.1, -0.05) is 0 Å². The Labute approximate surface area is 119 Å². The molecule has 0 saturated heterocycles. The van der Waals surface area contributed by atoms with Crippen molar-refractivity contribution in [2.24, 2.45) is 0 Å². The fraction of sp³-hybridized carbons (Fsp3) is 0.0769. The average molecular weight is 291 g/mol. The van der Waals surface area contributed by atoms with Crippen LogP contribution in [0.3, 0.4) is 0 Å². The molecule has 0 saturated carbocycles. The van der Waals surface area contributed by atoms with Gasteiger partial charge < -0.3 is 10.4 Å². The van der Waals surface area contributed by atoms with Crippen molar-refractivity contribution in [3.05, 3.63) is 42.0 Å². The van der Waals surface area contributed by atoms with Crippen LogP contribution in [0.15, 0.2) is 36.4 Å². The maximum atomic E-state index is 11.7. The zero-order chi connectivity index (χ0) is 15.8. The van der Waals surface area contributed by atoms with Crippen molar-refractivity contribution >= 4 is 29.4 Å². The monoisotopic (exact) mass is 291 g/mol. The number of rotatable bonds is 4. The van der Waals surface area contributed by atoms with Crippen molar-refractivity contribution in [3.8, 4) is 0 Å². The number of carbonyl (C=O) groups excluding carboxylic acids is 3. The summed E-state index contributed by atoms with van der Waals surface area (Å²) in [6.45, 7) is 1.36. The number of benzene rings is 1. The maximum Gasteiger partial charge on any atom is 0.328 e. The topological polar surface area (TPSA) is 125 Å². The summed E-state index contributed by atoms with van der Waals surface area (Å²) in [4.78, 5) is 43.8. The third kappa shape index (κ3) is 6.01. The van der Waals surface area contributed by atoms with Crippen molar-refractivity contribution in [2.75, 3.05) is 5.32 Å². The number of carboxylic acids is 1. The molecule has 3 amide bonds. The highest BCUT2D eigenvalue weighted by Gasteiger charge is 2.06. The van der Waals surface area contributed by atoms with E-state index < -0.39 is 17.8 Å². The lowest BCUT2D eigenvalue weighted by atomic mass is 10.2. The Morgan fingerprint density at radius 1 is 1.00 bits per heavy atom. The summed E-state index contributed by atoms with van der Waals surface area (Å²) in [5.74, 6) is -2.86. The van der Waals surface area contributed by atoms with Crippen LogP contribution < -0.4 is 16.2 Å². The number of aliphatic carboxylic acids is 1. The normalized spacial score (nSPS) is 9.95. The predicted molar refractivity (Wildman–Crippen MR) is 73.1 cm³/mol. The molecule has 8 heteroatoms. The van der Waals surface area contributed by atoms with Crippen molar-refractivity contribution < 1.29 is 24.3 Å². The number of hydrogen-bond donors (Lipinski definition) is 4. The Morgan fingerprint density at radius 2 is 1.62 bits per heavy atom. The minimum absolute atomic E-state index is 0.232. The molecule has 8 nitrogen and oxygen atoms in total. The summed E-state index contributed by atoms with van der Waals surface area (Å²) in [6.07, 6.45) is 1.41. The first-order valence-corrected chi connectivity index (χ1v) is 5.77. The second kappa shape index (κ2) is 7.43. The first-order chi connectivity index (χ1) is 9.88. The third-order valence-electron chi connectivity index (χ3n) is 2.14. The molecule has 0 unspecified atom stereocenters. The number of hydrogen-bond acceptors (Lipinski definition) is 4. The van der Waals surface area contributed by atoms with Gasteiger partial charge in [0.25, 0.3) is 11.8 Å². The largest absolute Gasteiger partial charge is 0.478 e. The Hall–Kier alpha value is -3.16. The lowest BCUT2D eigenvalue weighted by molar-refractivity contribution is -0.131. The van der Waals surface area contributed by atoms with Crippen LogP contribution in [0.1, 0.15) is 17.3 Å². The highest BCUT2D eigenvalue weighted by molar-refractivity contribution is 5.98. The van der Waals surface area contributed by atoms with Gasteiger partial charge in [-0.25, -0.2) is 4.79 Å². The average Bonchev–Trinajstić information content (AvgIpc) is 2.42. The summed E-state index contributed by atoms with van der Waals surface area (Å²) in [7, 11) is 0. The molecule has 1 aromatic rings. The summed E-state index contributed by atoms with van der Waals surface area (Å²) < 4.78 is 0. The molecule has 0 radical (unpaired) electrons. The number of nitrogens with one attached hydrogen (secondary N) is 3. The van der Waals surface area contributed by atoms with Gasteiger partial charge in [-0.15, -0.1) is 0 Å². The van der Waals surface area contributed by atoms with E-state index in [0.717, 1.165) is 6.08 Å². The molecule has 0 atom stereocenters. The van der Waals surface area contributed by atoms with Crippen LogP contribution in [-0.4, -0.2) is 28.8 Å². The van der Waals surface area contributed by atoms with Gasteiger partial charge in [0.15, 0.2) is 0 Å². The highest BCUT2D eigenvalue weighted by Crippen LogP contribution is 2.09. The number of carbonyl (C=O) groups is 4. The molecule has 0 aromatic heterocycles. The highest BCUT2D eigenvalue weighted by atomic mass is 16.4. The second-order valence-corrected chi connectivity index (χ2v) is 3.87. The van der Waals surface area contributed by atoms with Crippen molar-refractivity contribution in [2.45, 2.75) is 6.92 Å². The zero-order valence-electron chi connectivity index (χ0n) is 11.0. The van der Waals surface area contributed by atoms with Crippen LogP contribution in [0.2, 0.25) is 0 Å². The van der Waals surface area contributed by atoms with Gasteiger partial charge in [-0.05, 0) is 24.3 Å². The van der Waals surface area contributed by atoms with E-state index in [1.807, 2.05) is 5.43 Å². The van der Waals surface area contributed by atoms with Crippen LogP contribution in [0.4, 0.5) is 5.69 Å². The summed E-state index contributed by atoms with van der Waals surface area (Å²) in [5.41, 5.74) is 4.93. The molecule has 0 aliphatic carbocycles. The van der Waals surface area contributed by atoms with Gasteiger partial charge in [0, 0.05) is 30.3 Å². The molecular formula is C13H13N3O5. The molecule has 0 spiro atoms. The van der Waals surface area contributed by atoms with Crippen LogP contribution in [-0.2, 0) is 14.4 Å². The molecule has 110 valence electrons. The van der Waals surface area contributed by atoms with Crippen LogP contribution >= 0.6 is 0 Å². The number of carboxylic acid groups (broad SMARTS) is 1. The summed E-state index contributed by atoms with van der Waals surface area (Å²) >= 11 is 0. The molecule has 4 N–H and O–H groups in total. The zero-order valence-corrected chi connectivity index (χ0v) is 11.0. The SMILES string of the molecule is CC(=O)Nc1ccc(C(=O)NNC(=O)C=CC(=O)O)cc1. The molecular weight excluding hydrogens is 278 g/mol. The quantitative estimate of drug-likeness (QED) is 0.460. The third-order valence-corrected chi connectivity index (χ3v) is 2.14. The summed E-state index contributed by atoms with van der Waals surface area (Å²) in [6, 6.07) is 5.98. The van der Waals surface area contributed by atoms with E-state index in [4.69, 9.17) is 5.11 Å². The van der Waals surface area contributed by atoms with Gasteiger partial charge in [-0.3, -0.25) is 25.2 Å². The standard InChI is InChI=1S/C13H13N3O5/c1-8(17)14-10-4-2-9(3-5-10)13(21)16-15-11(18)6-7-12(19)20/h2-7H,1H3,(H,14,17)(H,15,18)(H,16,21)(H,19,20). The number of hydrazine groups is 1. The van der Waals surface area contributed by atoms with E-state index >= 15 is 0 Å². The molecule has 0 aliphatic rings. The molecule has 1 rings (SSSR count). The van der Waals surface area contributed by atoms with Crippen molar-refractivity contribution in [3.63, 3.8) is 0 Å². The number of anilines is 1. The van der Waals surface area contributed by atoms with Crippen LogP contribution in [0.5, 0.6) is 0 Å². The fourth-order valence-electron chi connectivity index (χ4n) is 1.29. The van der Waals surface area contributed by atoms with Gasteiger partial charge >= 0.3 is 5.97 Å². The molecule has 0 heterocycles. The smallest absolute Gasteiger partial charge is 0.328 e. The first-order valence-electron chi connectivity index (χ1n) is 5.77. The first kappa shape index (κ1) is 15.9. The van der Waals surface area contributed by atoms with Crippen LogP contribution in [0.25, 0.3) is 0 Å². The molecule has 21 heavy (non-hydrogen) atoms. The Bertz CT molecular complexity index is 592. The molecule has 0 aliphatic heterocycles. The second-order valence-electron chi connectivity index (χ2n) is 3.87. The number of amides is 3. The fourth-order valence-corrected chi connectivity index (χ4v) is 1.29. The van der Waals surface area contributed by atoms with Gasteiger partial charge in [-0.2, -0.15) is 0 Å². The van der Waals surface area contributed by atoms with Crippen molar-refractivity contribution in [1.82, 2.24) is 10.9 Å².